The van der Waals surface area contributed by atoms with E-state index in [-0.39, 0.29) is 34.2 Å². The van der Waals surface area contributed by atoms with Crippen LogP contribution in [0.3, 0.4) is 0 Å². The van der Waals surface area contributed by atoms with Crippen LogP contribution < -0.4 is 15.5 Å². The second-order valence-electron chi connectivity index (χ2n) is 6.66. The van der Waals surface area contributed by atoms with Crippen molar-refractivity contribution in [3.63, 3.8) is 0 Å². The standard InChI is InChI=1S/C18H20F4N4O3S/c1-23-16(27)11-9-30-15-12(18(20,21)22)8-13(25-14(11)15)26-5-2-10(3-6-26)24-17(28)29-7-4-19/h8-10H,2-7H2,1H3,(H,23,27)(H,24,28). The van der Waals surface area contributed by atoms with E-state index in [4.69, 9.17) is 0 Å². The van der Waals surface area contributed by atoms with Gasteiger partial charge in [-0.2, -0.15) is 13.2 Å². The first kappa shape index (κ1) is 22.1. The molecule has 0 aromatic carbocycles. The van der Waals surface area contributed by atoms with E-state index in [9.17, 15) is 27.2 Å². The van der Waals surface area contributed by atoms with Crippen molar-refractivity contribution in [2.75, 3.05) is 38.3 Å². The molecular weight excluding hydrogens is 428 g/mol. The lowest BCUT2D eigenvalue weighted by atomic mass is 10.0. The van der Waals surface area contributed by atoms with Crippen molar-refractivity contribution in [1.29, 1.82) is 0 Å². The number of amides is 2. The number of halogens is 4. The maximum absolute atomic E-state index is 13.6. The fourth-order valence-electron chi connectivity index (χ4n) is 3.26. The van der Waals surface area contributed by atoms with Gasteiger partial charge in [-0.25, -0.2) is 14.2 Å². The van der Waals surface area contributed by atoms with Crippen LogP contribution in [0.5, 0.6) is 0 Å². The Kier molecular flexibility index (Phi) is 6.64. The van der Waals surface area contributed by atoms with Gasteiger partial charge < -0.3 is 20.3 Å². The lowest BCUT2D eigenvalue weighted by Gasteiger charge is -2.33. The molecule has 1 saturated heterocycles. The van der Waals surface area contributed by atoms with Crippen molar-refractivity contribution in [3.8, 4) is 0 Å². The van der Waals surface area contributed by atoms with Gasteiger partial charge in [-0.05, 0) is 18.9 Å². The number of anilines is 1. The molecule has 0 radical (unpaired) electrons. The zero-order valence-corrected chi connectivity index (χ0v) is 16.8. The van der Waals surface area contributed by atoms with Crippen molar-refractivity contribution < 1.29 is 31.9 Å². The number of alkyl carbamates (subject to hydrolysis) is 1. The summed E-state index contributed by atoms with van der Waals surface area (Å²) in [6.45, 7) is -0.405. The summed E-state index contributed by atoms with van der Waals surface area (Å²) < 4.78 is 57.5. The molecule has 2 aromatic rings. The number of thiophene rings is 1. The molecular formula is C18H20F4N4O3S. The van der Waals surface area contributed by atoms with E-state index in [2.05, 4.69) is 20.4 Å². The molecule has 3 heterocycles. The van der Waals surface area contributed by atoms with Crippen LogP contribution in [0, 0.1) is 0 Å². The minimum atomic E-state index is -4.60. The Morgan fingerprint density at radius 1 is 1.33 bits per heavy atom. The fourth-order valence-corrected chi connectivity index (χ4v) is 4.28. The minimum Gasteiger partial charge on any atom is -0.447 e. The number of pyridine rings is 1. The quantitative estimate of drug-likeness (QED) is 0.686. The molecule has 3 rings (SSSR count). The Hall–Kier alpha value is -2.63. The van der Waals surface area contributed by atoms with Crippen LogP contribution >= 0.6 is 11.3 Å². The average molecular weight is 448 g/mol. The van der Waals surface area contributed by atoms with E-state index < -0.39 is 30.4 Å². The van der Waals surface area contributed by atoms with Crippen molar-refractivity contribution in [3.05, 3.63) is 22.6 Å². The van der Waals surface area contributed by atoms with Crippen molar-refractivity contribution in [2.24, 2.45) is 0 Å². The highest BCUT2D eigenvalue weighted by molar-refractivity contribution is 7.17. The number of piperidine rings is 1. The number of fused-ring (bicyclic) bond motifs is 1. The minimum absolute atomic E-state index is 0.0132. The molecule has 0 saturated carbocycles. The molecule has 1 aliphatic heterocycles. The van der Waals surface area contributed by atoms with Crippen LogP contribution in [-0.4, -0.2) is 56.4 Å². The van der Waals surface area contributed by atoms with Gasteiger partial charge in [0.2, 0.25) is 0 Å². The van der Waals surface area contributed by atoms with E-state index >= 15 is 0 Å². The van der Waals surface area contributed by atoms with Crippen molar-refractivity contribution in [2.45, 2.75) is 25.1 Å². The molecule has 0 spiro atoms. The van der Waals surface area contributed by atoms with Crippen LogP contribution in [0.4, 0.5) is 28.2 Å². The molecule has 30 heavy (non-hydrogen) atoms. The molecule has 2 amide bonds. The van der Waals surface area contributed by atoms with Gasteiger partial charge in [0, 0.05) is 31.6 Å². The smallest absolute Gasteiger partial charge is 0.417 e. The van der Waals surface area contributed by atoms with Crippen LogP contribution in [0.25, 0.3) is 10.2 Å². The number of carbonyl (C=O) groups is 2. The molecule has 0 bridgehead atoms. The van der Waals surface area contributed by atoms with Crippen LogP contribution in [-0.2, 0) is 10.9 Å². The number of nitrogens with zero attached hydrogens (tertiary/aromatic N) is 2. The lowest BCUT2D eigenvalue weighted by Crippen LogP contribution is -2.45. The van der Waals surface area contributed by atoms with E-state index in [1.807, 2.05) is 0 Å². The highest BCUT2D eigenvalue weighted by atomic mass is 32.1. The summed E-state index contributed by atoms with van der Waals surface area (Å²) in [4.78, 5) is 29.6. The second kappa shape index (κ2) is 9.02. The van der Waals surface area contributed by atoms with E-state index in [1.165, 1.54) is 12.4 Å². The lowest BCUT2D eigenvalue weighted by molar-refractivity contribution is -0.136. The fraction of sp³-hybridized carbons (Fsp3) is 0.500. The summed E-state index contributed by atoms with van der Waals surface area (Å²) in [5.74, 6) is -0.384. The zero-order valence-electron chi connectivity index (χ0n) is 16.0. The van der Waals surface area contributed by atoms with Gasteiger partial charge in [0.25, 0.3) is 5.91 Å². The number of rotatable bonds is 5. The van der Waals surface area contributed by atoms with Crippen molar-refractivity contribution in [1.82, 2.24) is 15.6 Å². The Labute approximate surface area is 173 Å². The number of ether oxygens (including phenoxy) is 1. The third kappa shape index (κ3) is 4.74. The number of aromatic nitrogens is 1. The molecule has 2 N–H and O–H groups in total. The first-order valence-corrected chi connectivity index (χ1v) is 10.1. The predicted octanol–water partition coefficient (Wildman–Crippen LogP) is 3.34. The summed E-state index contributed by atoms with van der Waals surface area (Å²) in [5, 5.41) is 6.39. The van der Waals surface area contributed by atoms with Gasteiger partial charge in [-0.1, -0.05) is 0 Å². The zero-order chi connectivity index (χ0) is 21.9. The topological polar surface area (TPSA) is 83.6 Å². The number of hydrogen-bond acceptors (Lipinski definition) is 6. The predicted molar refractivity (Wildman–Crippen MR) is 104 cm³/mol. The molecule has 12 heteroatoms. The summed E-state index contributed by atoms with van der Waals surface area (Å²) in [5.41, 5.74) is -0.728. The third-order valence-corrected chi connectivity index (χ3v) is 5.74. The maximum atomic E-state index is 13.6. The third-order valence-electron chi connectivity index (χ3n) is 4.74. The summed E-state index contributed by atoms with van der Waals surface area (Å²) in [6.07, 6.45) is -4.41. The first-order valence-electron chi connectivity index (χ1n) is 9.20. The van der Waals surface area contributed by atoms with Gasteiger partial charge >= 0.3 is 12.3 Å². The Morgan fingerprint density at radius 3 is 2.63 bits per heavy atom. The largest absolute Gasteiger partial charge is 0.447 e. The maximum Gasteiger partial charge on any atom is 0.417 e. The number of hydrogen-bond donors (Lipinski definition) is 2. The molecule has 164 valence electrons. The Balaban J connectivity index is 1.82. The highest BCUT2D eigenvalue weighted by Gasteiger charge is 2.36. The summed E-state index contributed by atoms with van der Waals surface area (Å²) in [6, 6.07) is 0.761. The van der Waals surface area contributed by atoms with Gasteiger partial charge in [0.1, 0.15) is 19.1 Å². The Morgan fingerprint density at radius 2 is 2.03 bits per heavy atom. The molecule has 1 fully saturated rings. The molecule has 1 aliphatic rings. The van der Waals surface area contributed by atoms with Crippen molar-refractivity contribution >= 4 is 39.4 Å². The summed E-state index contributed by atoms with van der Waals surface area (Å²) in [7, 11) is 1.40. The summed E-state index contributed by atoms with van der Waals surface area (Å²) >= 11 is 0.830. The average Bonchev–Trinajstić information content (AvgIpc) is 3.14. The number of nitrogens with one attached hydrogen (secondary N) is 2. The second-order valence-corrected chi connectivity index (χ2v) is 7.54. The molecule has 2 aromatic heterocycles. The van der Waals surface area contributed by atoms with E-state index in [0.717, 1.165) is 17.4 Å². The van der Waals surface area contributed by atoms with Gasteiger partial charge in [-0.3, -0.25) is 4.79 Å². The normalized spacial score (nSPS) is 15.3. The molecule has 0 atom stereocenters. The van der Waals surface area contributed by atoms with Gasteiger partial charge in [0.15, 0.2) is 0 Å². The molecule has 7 nitrogen and oxygen atoms in total. The van der Waals surface area contributed by atoms with E-state index in [0.29, 0.717) is 25.9 Å². The molecule has 0 aliphatic carbocycles. The number of alkyl halides is 4. The first-order chi connectivity index (χ1) is 14.2. The molecule has 0 unspecified atom stereocenters. The van der Waals surface area contributed by atoms with Crippen LogP contribution in [0.1, 0.15) is 28.8 Å². The highest BCUT2D eigenvalue weighted by Crippen LogP contribution is 2.40. The van der Waals surface area contributed by atoms with Gasteiger partial charge in [0.05, 0.1) is 21.3 Å². The SMILES string of the molecule is CNC(=O)c1csc2c(C(F)(F)F)cc(N3CCC(NC(=O)OCCF)CC3)nc12. The Bertz CT molecular complexity index is 926. The van der Waals surface area contributed by atoms with Crippen LogP contribution in [0.15, 0.2) is 11.4 Å². The van der Waals surface area contributed by atoms with E-state index in [1.54, 1.807) is 4.90 Å². The number of carbonyl (C=O) groups excluding carboxylic acids is 2. The van der Waals surface area contributed by atoms with Crippen LogP contribution in [0.2, 0.25) is 0 Å². The van der Waals surface area contributed by atoms with Gasteiger partial charge in [-0.15, -0.1) is 11.3 Å². The monoisotopic (exact) mass is 448 g/mol.